The van der Waals surface area contributed by atoms with Crippen molar-refractivity contribution < 1.29 is 53.1 Å². The van der Waals surface area contributed by atoms with Crippen LogP contribution in [0.3, 0.4) is 0 Å². The maximum Gasteiger partial charge on any atom is 0.338 e. The van der Waals surface area contributed by atoms with Gasteiger partial charge in [-0.05, 0) is 82.7 Å². The van der Waals surface area contributed by atoms with Gasteiger partial charge in [-0.25, -0.2) is 4.79 Å². The lowest BCUT2D eigenvalue weighted by atomic mass is 9.91. The molecule has 2 amide bonds. The van der Waals surface area contributed by atoms with Gasteiger partial charge in [-0.2, -0.15) is 0 Å². The third-order valence-corrected chi connectivity index (χ3v) is 8.99. The molecule has 4 aliphatic rings. The molecule has 1 aliphatic heterocycles. The maximum atomic E-state index is 13.5. The third-order valence-electron chi connectivity index (χ3n) is 8.99. The summed E-state index contributed by atoms with van der Waals surface area (Å²) in [5.41, 5.74) is 0.774. The van der Waals surface area contributed by atoms with Gasteiger partial charge >= 0.3 is 11.9 Å². The number of ether oxygens (including phenoxy) is 5. The first-order valence-electron chi connectivity index (χ1n) is 17.6. The Morgan fingerprint density at radius 3 is 2.46 bits per heavy atom. The molecule has 4 atom stereocenters. The molecule has 3 aliphatic carbocycles. The van der Waals surface area contributed by atoms with Crippen molar-refractivity contribution in [3.05, 3.63) is 53.3 Å². The van der Waals surface area contributed by atoms with E-state index in [1.54, 1.807) is 57.2 Å². The molecule has 274 valence electrons. The van der Waals surface area contributed by atoms with Crippen LogP contribution in [0, 0.1) is 11.8 Å². The van der Waals surface area contributed by atoms with E-state index in [1.807, 2.05) is 0 Å². The van der Waals surface area contributed by atoms with E-state index in [0.29, 0.717) is 16.7 Å². The average Bonchev–Trinajstić information content (AvgIpc) is 4.02. The fraction of sp³-hybridized carbons (Fsp3) is 0.622. The Kier molecular flexibility index (Phi) is 12.4. The highest BCUT2D eigenvalue weighted by atomic mass is 16.8. The third kappa shape index (κ3) is 10.1. The van der Waals surface area contributed by atoms with Crippen molar-refractivity contribution in [3.8, 4) is 0 Å². The van der Waals surface area contributed by atoms with Crippen molar-refractivity contribution in [2.24, 2.45) is 11.8 Å². The van der Waals surface area contributed by atoms with E-state index < -0.39 is 53.6 Å². The summed E-state index contributed by atoms with van der Waals surface area (Å²) in [7, 11) is 0. The second-order valence-corrected chi connectivity index (χ2v) is 14.4. The summed E-state index contributed by atoms with van der Waals surface area (Å²) in [6.07, 6.45) is 7.24. The lowest BCUT2D eigenvalue weighted by Crippen LogP contribution is -2.44. The minimum atomic E-state index is -0.789. The van der Waals surface area contributed by atoms with Gasteiger partial charge in [0.2, 0.25) is 11.8 Å². The standard InChI is InChI=1S/C37H50N2O11/c1-36(2,3)49-32(43)12-11-28(22-41)39-31(42)13-15-38-34(44)25-20-29(33-30(21-25)48-37(50-33,26-7-8-26)27-9-10-27)47-35(45)24-6-4-5-23(19-24)14-17-46-18-16-40/h4-6,14,17,19,21,26-30,33,40-41H,7-13,15-16,18,20,22H2,1-3H3,(H,38,44)(H,39,42). The number of esters is 2. The van der Waals surface area contributed by atoms with Crippen LogP contribution in [0.15, 0.2) is 42.2 Å². The van der Waals surface area contributed by atoms with Gasteiger partial charge < -0.3 is 44.5 Å². The number of benzene rings is 1. The van der Waals surface area contributed by atoms with Crippen LogP contribution >= 0.6 is 0 Å². The van der Waals surface area contributed by atoms with Crippen LogP contribution in [0.25, 0.3) is 6.08 Å². The van der Waals surface area contributed by atoms with Gasteiger partial charge in [0.25, 0.3) is 0 Å². The monoisotopic (exact) mass is 698 g/mol. The van der Waals surface area contributed by atoms with Gasteiger partial charge in [-0.15, -0.1) is 0 Å². The normalized spacial score (nSPS) is 23.4. The zero-order valence-corrected chi connectivity index (χ0v) is 29.1. The van der Waals surface area contributed by atoms with Crippen molar-refractivity contribution in [3.63, 3.8) is 0 Å². The Hall–Kier alpha value is -3.78. The Morgan fingerprint density at radius 1 is 1.06 bits per heavy atom. The molecule has 1 aromatic rings. The molecule has 3 fully saturated rings. The fourth-order valence-corrected chi connectivity index (χ4v) is 6.39. The van der Waals surface area contributed by atoms with Crippen molar-refractivity contribution in [2.45, 2.75) is 108 Å². The molecule has 0 spiro atoms. The summed E-state index contributed by atoms with van der Waals surface area (Å²) in [6, 6.07) is 6.21. The van der Waals surface area contributed by atoms with Crippen molar-refractivity contribution >= 4 is 29.8 Å². The first-order valence-corrected chi connectivity index (χ1v) is 17.6. The largest absolute Gasteiger partial charge is 0.499 e. The summed E-state index contributed by atoms with van der Waals surface area (Å²) in [6.45, 7) is 5.03. The first-order chi connectivity index (χ1) is 23.9. The topological polar surface area (TPSA) is 179 Å². The molecule has 4 unspecified atom stereocenters. The summed E-state index contributed by atoms with van der Waals surface area (Å²) in [4.78, 5) is 51.5. The van der Waals surface area contributed by atoms with Crippen molar-refractivity contribution in [2.75, 3.05) is 26.4 Å². The minimum Gasteiger partial charge on any atom is -0.499 e. The highest BCUT2D eigenvalue weighted by molar-refractivity contribution is 5.94. The summed E-state index contributed by atoms with van der Waals surface area (Å²) < 4.78 is 29.8. The Morgan fingerprint density at radius 2 is 1.80 bits per heavy atom. The van der Waals surface area contributed by atoms with Gasteiger partial charge in [-0.1, -0.05) is 12.1 Å². The number of fused-ring (bicyclic) bond motifs is 1. The lowest BCUT2D eigenvalue weighted by Gasteiger charge is -2.31. The minimum absolute atomic E-state index is 0.0263. The molecule has 4 N–H and O–H groups in total. The van der Waals surface area contributed by atoms with E-state index in [9.17, 15) is 24.3 Å². The zero-order valence-electron chi connectivity index (χ0n) is 29.1. The van der Waals surface area contributed by atoms with Crippen LogP contribution in [0.5, 0.6) is 0 Å². The molecule has 13 nitrogen and oxygen atoms in total. The predicted octanol–water partition coefficient (Wildman–Crippen LogP) is 2.93. The molecule has 1 aromatic carbocycles. The van der Waals surface area contributed by atoms with Gasteiger partial charge in [0.15, 0.2) is 5.79 Å². The van der Waals surface area contributed by atoms with E-state index in [-0.39, 0.29) is 69.8 Å². The Bertz CT molecular complexity index is 1430. The number of carbonyl (C=O) groups is 4. The molecule has 50 heavy (non-hydrogen) atoms. The molecule has 2 saturated carbocycles. The van der Waals surface area contributed by atoms with E-state index in [4.69, 9.17) is 28.8 Å². The second-order valence-electron chi connectivity index (χ2n) is 14.4. The molecule has 1 saturated heterocycles. The van der Waals surface area contributed by atoms with E-state index in [1.165, 1.54) is 6.26 Å². The summed E-state index contributed by atoms with van der Waals surface area (Å²) in [5, 5.41) is 24.1. The van der Waals surface area contributed by atoms with E-state index in [2.05, 4.69) is 10.6 Å². The first kappa shape index (κ1) is 37.5. The summed E-state index contributed by atoms with van der Waals surface area (Å²) in [5.74, 6) is -1.99. The predicted molar refractivity (Wildman–Crippen MR) is 180 cm³/mol. The quantitative estimate of drug-likeness (QED) is 0.107. The molecule has 0 radical (unpaired) electrons. The van der Waals surface area contributed by atoms with Crippen molar-refractivity contribution in [1.82, 2.24) is 10.6 Å². The number of amides is 2. The summed E-state index contributed by atoms with van der Waals surface area (Å²) >= 11 is 0. The number of carbonyl (C=O) groups excluding carboxylic acids is 4. The lowest BCUT2D eigenvalue weighted by molar-refractivity contribution is -0.209. The molecule has 13 heteroatoms. The van der Waals surface area contributed by atoms with Crippen LogP contribution in [-0.4, -0.2) is 96.1 Å². The van der Waals surface area contributed by atoms with E-state index in [0.717, 1.165) is 25.7 Å². The van der Waals surface area contributed by atoms with Gasteiger partial charge in [0.1, 0.15) is 30.5 Å². The molecular formula is C37H50N2O11. The zero-order chi connectivity index (χ0) is 35.9. The number of hydrogen-bond donors (Lipinski definition) is 4. The van der Waals surface area contributed by atoms with Gasteiger partial charge in [-0.3, -0.25) is 14.4 Å². The van der Waals surface area contributed by atoms with Gasteiger partial charge in [0.05, 0.1) is 31.1 Å². The highest BCUT2D eigenvalue weighted by Crippen LogP contribution is 2.59. The second kappa shape index (κ2) is 16.5. The number of aliphatic hydroxyl groups is 2. The van der Waals surface area contributed by atoms with E-state index >= 15 is 0 Å². The maximum absolute atomic E-state index is 13.5. The number of aliphatic hydroxyl groups excluding tert-OH is 2. The molecule has 5 rings (SSSR count). The molecule has 0 aromatic heterocycles. The average molecular weight is 699 g/mol. The van der Waals surface area contributed by atoms with Crippen LogP contribution in [0.4, 0.5) is 0 Å². The smallest absolute Gasteiger partial charge is 0.338 e. The Labute approximate surface area is 292 Å². The fourth-order valence-electron chi connectivity index (χ4n) is 6.39. The number of nitrogens with one attached hydrogen (secondary N) is 2. The Balaban J connectivity index is 1.19. The molecular weight excluding hydrogens is 648 g/mol. The highest BCUT2D eigenvalue weighted by Gasteiger charge is 2.64. The SMILES string of the molecule is CC(C)(C)OC(=O)CCC(CO)NC(=O)CCNC(=O)C1=CC2OC(C3CC3)(C3CC3)OC2C(OC(=O)c2cccc(C=COCCO)c2)C1. The molecule has 0 bridgehead atoms. The molecule has 1 heterocycles. The van der Waals surface area contributed by atoms with Crippen LogP contribution < -0.4 is 10.6 Å². The van der Waals surface area contributed by atoms with Crippen LogP contribution in [0.2, 0.25) is 0 Å². The van der Waals surface area contributed by atoms with Gasteiger partial charge in [0, 0.05) is 43.2 Å². The number of hydrogen-bond acceptors (Lipinski definition) is 11. The van der Waals surface area contributed by atoms with Crippen molar-refractivity contribution in [1.29, 1.82) is 0 Å². The van der Waals surface area contributed by atoms with Crippen LogP contribution in [0.1, 0.15) is 88.1 Å². The number of rotatable bonds is 17. The van der Waals surface area contributed by atoms with Crippen LogP contribution in [-0.2, 0) is 38.1 Å².